The number of nitrogens with one attached hydrogen (secondary N) is 1. The second-order valence-electron chi connectivity index (χ2n) is 6.64. The van der Waals surface area contributed by atoms with Crippen LogP contribution in [0.4, 0.5) is 4.39 Å². The molecule has 1 heterocycles. The van der Waals surface area contributed by atoms with Crippen LogP contribution in [0.2, 0.25) is 5.02 Å². The van der Waals surface area contributed by atoms with Gasteiger partial charge in [-0.05, 0) is 44.0 Å². The zero-order valence-electron chi connectivity index (χ0n) is 14.0. The molecule has 1 aromatic carbocycles. The lowest BCUT2D eigenvalue weighted by atomic mass is 9.84. The lowest BCUT2D eigenvalue weighted by Crippen LogP contribution is -2.38. The molecular formula is C19H21ClFNO2S. The molecular weight excluding hydrogens is 361 g/mol. The zero-order chi connectivity index (χ0) is 18.0. The van der Waals surface area contributed by atoms with Gasteiger partial charge in [-0.1, -0.05) is 30.5 Å². The molecule has 0 aliphatic heterocycles. The van der Waals surface area contributed by atoms with Gasteiger partial charge in [0.05, 0.1) is 16.7 Å². The number of aliphatic hydroxyl groups excluding tert-OH is 1. The highest BCUT2D eigenvalue weighted by Crippen LogP contribution is 2.44. The summed E-state index contributed by atoms with van der Waals surface area (Å²) in [6.45, 7) is 2.19. The lowest BCUT2D eigenvalue weighted by Gasteiger charge is -2.28. The number of benzene rings is 1. The smallest absolute Gasteiger partial charge is 0.255 e. The minimum absolute atomic E-state index is 0.104. The van der Waals surface area contributed by atoms with E-state index >= 15 is 0 Å². The highest BCUT2D eigenvalue weighted by molar-refractivity contribution is 7.12. The molecule has 0 radical (unpaired) electrons. The Labute approximate surface area is 155 Å². The highest BCUT2D eigenvalue weighted by Gasteiger charge is 2.37. The third-order valence-corrected chi connectivity index (χ3v) is 6.72. The third kappa shape index (κ3) is 3.73. The van der Waals surface area contributed by atoms with Crippen LogP contribution >= 0.6 is 22.9 Å². The van der Waals surface area contributed by atoms with Crippen LogP contribution in [0.3, 0.4) is 0 Å². The quantitative estimate of drug-likeness (QED) is 0.778. The monoisotopic (exact) mass is 381 g/mol. The molecule has 6 heteroatoms. The Kier molecular flexibility index (Phi) is 5.46. The summed E-state index contributed by atoms with van der Waals surface area (Å²) < 4.78 is 13.9. The first-order valence-corrected chi connectivity index (χ1v) is 9.63. The van der Waals surface area contributed by atoms with Crippen molar-refractivity contribution in [2.24, 2.45) is 0 Å². The molecule has 3 nitrogen and oxygen atoms in total. The van der Waals surface area contributed by atoms with Crippen molar-refractivity contribution >= 4 is 28.8 Å². The van der Waals surface area contributed by atoms with E-state index in [0.717, 1.165) is 30.6 Å². The molecule has 0 spiro atoms. The predicted octanol–water partition coefficient (Wildman–Crippen LogP) is 4.84. The number of aliphatic hydroxyl groups is 1. The zero-order valence-corrected chi connectivity index (χ0v) is 15.6. The van der Waals surface area contributed by atoms with Crippen LogP contribution in [0.5, 0.6) is 0 Å². The fourth-order valence-electron chi connectivity index (χ4n) is 3.48. The third-order valence-electron chi connectivity index (χ3n) is 4.90. The van der Waals surface area contributed by atoms with Crippen molar-refractivity contribution in [1.29, 1.82) is 0 Å². The normalized spacial score (nSPS) is 17.4. The molecule has 1 aliphatic carbocycles. The largest absolute Gasteiger partial charge is 0.388 e. The average Bonchev–Trinajstić information content (AvgIpc) is 3.23. The van der Waals surface area contributed by atoms with Crippen molar-refractivity contribution in [3.8, 4) is 0 Å². The first-order chi connectivity index (χ1) is 11.9. The maximum Gasteiger partial charge on any atom is 0.255 e. The summed E-state index contributed by atoms with van der Waals surface area (Å²) in [5.41, 5.74) is -0.251. The molecule has 0 saturated heterocycles. The van der Waals surface area contributed by atoms with Crippen LogP contribution in [0.15, 0.2) is 30.3 Å². The van der Waals surface area contributed by atoms with Gasteiger partial charge in [-0.25, -0.2) is 4.39 Å². The van der Waals surface area contributed by atoms with Crippen molar-refractivity contribution < 1.29 is 14.3 Å². The first kappa shape index (κ1) is 18.4. The summed E-state index contributed by atoms with van der Waals surface area (Å²) in [7, 11) is 0. The van der Waals surface area contributed by atoms with E-state index in [2.05, 4.69) is 5.32 Å². The molecule has 1 aliphatic rings. The van der Waals surface area contributed by atoms with E-state index in [1.807, 2.05) is 12.1 Å². The molecule has 0 bridgehead atoms. The average molecular weight is 382 g/mol. The topological polar surface area (TPSA) is 49.3 Å². The van der Waals surface area contributed by atoms with Crippen LogP contribution < -0.4 is 5.32 Å². The summed E-state index contributed by atoms with van der Waals surface area (Å²) in [6, 6.07) is 8.22. The molecule has 0 unspecified atom stereocenters. The van der Waals surface area contributed by atoms with Gasteiger partial charge in [0.2, 0.25) is 0 Å². The van der Waals surface area contributed by atoms with E-state index in [-0.39, 0.29) is 16.0 Å². The van der Waals surface area contributed by atoms with Gasteiger partial charge in [0, 0.05) is 21.7 Å². The number of thiophene rings is 1. The van der Waals surface area contributed by atoms with Gasteiger partial charge in [-0.15, -0.1) is 11.3 Å². The van der Waals surface area contributed by atoms with Crippen LogP contribution in [-0.4, -0.2) is 17.6 Å². The SMILES string of the molecule is C[C@@H](O)c1ccc(C2(CNC(=O)c3c(F)cccc3Cl)CCCC2)s1. The molecule has 1 aromatic heterocycles. The number of carbonyl (C=O) groups is 1. The van der Waals surface area contributed by atoms with E-state index in [9.17, 15) is 14.3 Å². The van der Waals surface area contributed by atoms with Crippen LogP contribution in [-0.2, 0) is 5.41 Å². The van der Waals surface area contributed by atoms with Crippen molar-refractivity contribution in [2.45, 2.75) is 44.1 Å². The number of rotatable bonds is 5. The van der Waals surface area contributed by atoms with Gasteiger partial charge in [-0.3, -0.25) is 4.79 Å². The first-order valence-electron chi connectivity index (χ1n) is 8.43. The number of hydrogen-bond acceptors (Lipinski definition) is 3. The standard InChI is InChI=1S/C19H21ClFNO2S/c1-12(23)15-7-8-16(25-15)19(9-2-3-10-19)11-22-18(24)17-13(20)5-4-6-14(17)21/h4-8,12,23H,2-3,9-11H2,1H3,(H,22,24)/t12-/m1/s1. The fourth-order valence-corrected chi connectivity index (χ4v) is 4.92. The van der Waals surface area contributed by atoms with E-state index in [0.29, 0.717) is 6.54 Å². The molecule has 1 atom stereocenters. The number of amides is 1. The van der Waals surface area contributed by atoms with Crippen LogP contribution in [0, 0.1) is 5.82 Å². The van der Waals surface area contributed by atoms with Gasteiger partial charge in [-0.2, -0.15) is 0 Å². The highest BCUT2D eigenvalue weighted by atomic mass is 35.5. The fraction of sp³-hybridized carbons (Fsp3) is 0.421. The lowest BCUT2D eigenvalue weighted by molar-refractivity contribution is 0.0939. The Balaban J connectivity index is 1.79. The molecule has 1 amide bonds. The molecule has 1 fully saturated rings. The number of hydrogen-bond donors (Lipinski definition) is 2. The van der Waals surface area contributed by atoms with Gasteiger partial charge in [0.15, 0.2) is 0 Å². The summed E-state index contributed by atoms with van der Waals surface area (Å²) in [4.78, 5) is 14.5. The summed E-state index contributed by atoms with van der Waals surface area (Å²) in [6.07, 6.45) is 3.64. The second-order valence-corrected chi connectivity index (χ2v) is 8.17. The summed E-state index contributed by atoms with van der Waals surface area (Å²) in [5.74, 6) is -1.10. The molecule has 25 heavy (non-hydrogen) atoms. The second kappa shape index (κ2) is 7.44. The van der Waals surface area contributed by atoms with Crippen LogP contribution in [0.1, 0.15) is 58.8 Å². The maximum atomic E-state index is 13.9. The van der Waals surface area contributed by atoms with Gasteiger partial charge >= 0.3 is 0 Å². The van der Waals surface area contributed by atoms with Crippen molar-refractivity contribution in [2.75, 3.05) is 6.54 Å². The molecule has 134 valence electrons. The van der Waals surface area contributed by atoms with E-state index in [1.54, 1.807) is 18.3 Å². The van der Waals surface area contributed by atoms with Gasteiger partial charge in [0.25, 0.3) is 5.91 Å². The van der Waals surface area contributed by atoms with Crippen molar-refractivity contribution in [1.82, 2.24) is 5.32 Å². The molecule has 1 saturated carbocycles. The molecule has 2 N–H and O–H groups in total. The molecule has 2 aromatic rings. The summed E-state index contributed by atoms with van der Waals surface area (Å²) >= 11 is 7.57. The minimum Gasteiger partial charge on any atom is -0.388 e. The van der Waals surface area contributed by atoms with E-state index in [1.165, 1.54) is 23.1 Å². The Bertz CT molecular complexity index is 748. The van der Waals surface area contributed by atoms with Crippen molar-refractivity contribution in [3.63, 3.8) is 0 Å². The summed E-state index contributed by atoms with van der Waals surface area (Å²) in [5, 5.41) is 12.8. The van der Waals surface area contributed by atoms with E-state index in [4.69, 9.17) is 11.6 Å². The molecule has 3 rings (SSSR count). The minimum atomic E-state index is -0.613. The van der Waals surface area contributed by atoms with Crippen molar-refractivity contribution in [3.05, 3.63) is 56.5 Å². The van der Waals surface area contributed by atoms with E-state index < -0.39 is 17.8 Å². The Hall–Kier alpha value is -1.43. The van der Waals surface area contributed by atoms with Gasteiger partial charge in [0.1, 0.15) is 5.82 Å². The number of carbonyl (C=O) groups excluding carboxylic acids is 1. The Morgan fingerprint density at radius 1 is 1.36 bits per heavy atom. The van der Waals surface area contributed by atoms with Gasteiger partial charge < -0.3 is 10.4 Å². The Morgan fingerprint density at radius 3 is 2.68 bits per heavy atom. The van der Waals surface area contributed by atoms with Crippen LogP contribution in [0.25, 0.3) is 0 Å². The Morgan fingerprint density at radius 2 is 2.08 bits per heavy atom. The predicted molar refractivity (Wildman–Crippen MR) is 98.8 cm³/mol. The maximum absolute atomic E-state index is 13.9. The number of halogens is 2.